The van der Waals surface area contributed by atoms with Crippen molar-refractivity contribution in [2.24, 2.45) is 5.92 Å². The molecular formula is C38H44F5N3O4. The predicted octanol–water partition coefficient (Wildman–Crippen LogP) is 7.90. The largest absolute Gasteiger partial charge is 0.481 e. The van der Waals surface area contributed by atoms with Gasteiger partial charge in [0, 0.05) is 24.9 Å². The van der Waals surface area contributed by atoms with Gasteiger partial charge < -0.3 is 19.9 Å². The van der Waals surface area contributed by atoms with Gasteiger partial charge in [0.25, 0.3) is 11.6 Å². The van der Waals surface area contributed by atoms with E-state index in [1.807, 2.05) is 39.8 Å². The van der Waals surface area contributed by atoms with E-state index < -0.39 is 53.8 Å². The summed E-state index contributed by atoms with van der Waals surface area (Å²) in [6, 6.07) is 5.31. The SMILES string of the molecule is Cc1cc(C=C(F)F)cc(C)c1-c1cc([C@@H](CC(=O)O)NC(=O)[C@@H](CC(C)C)n2cc(CCN(C)C)c(C(F)(F)F)cc2=O)cc2c1CCC2. The average molecular weight is 702 g/mol. The summed E-state index contributed by atoms with van der Waals surface area (Å²) in [4.78, 5) is 41.3. The van der Waals surface area contributed by atoms with Gasteiger partial charge in [-0.2, -0.15) is 22.0 Å². The van der Waals surface area contributed by atoms with Crippen LogP contribution in [0.25, 0.3) is 17.2 Å². The zero-order valence-electron chi connectivity index (χ0n) is 29.2. The summed E-state index contributed by atoms with van der Waals surface area (Å²) in [5.74, 6) is -2.03. The molecule has 7 nitrogen and oxygen atoms in total. The number of rotatable bonds is 13. The number of pyridine rings is 1. The summed E-state index contributed by atoms with van der Waals surface area (Å²) < 4.78 is 69.1. The number of aromatic nitrogens is 1. The van der Waals surface area contributed by atoms with Gasteiger partial charge in [-0.05, 0) is 122 Å². The average Bonchev–Trinajstić information content (AvgIpc) is 3.46. The van der Waals surface area contributed by atoms with E-state index >= 15 is 0 Å². The molecule has 1 aliphatic rings. The lowest BCUT2D eigenvalue weighted by molar-refractivity contribution is -0.139. The number of likely N-dealkylation sites (N-methyl/N-ethyl adjacent to an activating group) is 1. The van der Waals surface area contributed by atoms with Crippen molar-refractivity contribution >= 4 is 18.0 Å². The van der Waals surface area contributed by atoms with Crippen LogP contribution >= 0.6 is 0 Å². The Bertz CT molecular complexity index is 1820. The van der Waals surface area contributed by atoms with Crippen LogP contribution in [-0.2, 0) is 35.0 Å². The van der Waals surface area contributed by atoms with E-state index in [1.165, 1.54) is 0 Å². The van der Waals surface area contributed by atoms with Gasteiger partial charge >= 0.3 is 12.1 Å². The summed E-state index contributed by atoms with van der Waals surface area (Å²) in [5, 5.41) is 12.8. The first-order valence-corrected chi connectivity index (χ1v) is 16.6. The number of carboxylic acid groups (broad SMARTS) is 1. The number of amides is 1. The molecule has 1 aromatic heterocycles. The number of nitrogens with one attached hydrogen (secondary N) is 1. The molecule has 4 rings (SSSR count). The molecule has 0 bridgehead atoms. The second-order valence-corrected chi connectivity index (χ2v) is 13.8. The number of benzene rings is 2. The van der Waals surface area contributed by atoms with Crippen molar-refractivity contribution in [2.45, 2.75) is 84.5 Å². The lowest BCUT2D eigenvalue weighted by Crippen LogP contribution is -2.40. The zero-order chi connectivity index (χ0) is 37.1. The molecule has 0 aliphatic heterocycles. The number of aliphatic carboxylic acids is 1. The van der Waals surface area contributed by atoms with Crippen LogP contribution in [0.15, 0.2) is 47.4 Å². The molecule has 0 radical (unpaired) electrons. The van der Waals surface area contributed by atoms with Crippen molar-refractivity contribution in [3.05, 3.63) is 97.5 Å². The van der Waals surface area contributed by atoms with Crippen LogP contribution in [0.2, 0.25) is 0 Å². The van der Waals surface area contributed by atoms with E-state index in [1.54, 1.807) is 31.1 Å². The Balaban J connectivity index is 1.81. The molecule has 50 heavy (non-hydrogen) atoms. The molecular weight excluding hydrogens is 657 g/mol. The second kappa shape index (κ2) is 15.7. The number of hydrogen-bond donors (Lipinski definition) is 2. The Morgan fingerprint density at radius 2 is 1.70 bits per heavy atom. The van der Waals surface area contributed by atoms with E-state index in [-0.39, 0.29) is 30.9 Å². The van der Waals surface area contributed by atoms with Crippen LogP contribution < -0.4 is 10.9 Å². The predicted molar refractivity (Wildman–Crippen MR) is 183 cm³/mol. The first kappa shape index (κ1) is 38.5. The third-order valence-electron chi connectivity index (χ3n) is 9.07. The van der Waals surface area contributed by atoms with Crippen LogP contribution in [-0.4, -0.2) is 47.1 Å². The molecule has 0 saturated carbocycles. The highest BCUT2D eigenvalue weighted by molar-refractivity contribution is 5.82. The highest BCUT2D eigenvalue weighted by Crippen LogP contribution is 2.40. The molecule has 1 heterocycles. The topological polar surface area (TPSA) is 91.6 Å². The number of fused-ring (bicyclic) bond motifs is 1. The van der Waals surface area contributed by atoms with E-state index in [4.69, 9.17) is 0 Å². The molecule has 270 valence electrons. The quantitative estimate of drug-likeness (QED) is 0.177. The van der Waals surface area contributed by atoms with Gasteiger partial charge in [-0.25, -0.2) is 0 Å². The summed E-state index contributed by atoms with van der Waals surface area (Å²) in [5.41, 5.74) is 3.94. The molecule has 0 unspecified atom stereocenters. The second-order valence-electron chi connectivity index (χ2n) is 13.8. The van der Waals surface area contributed by atoms with E-state index in [0.717, 1.165) is 69.5 Å². The minimum Gasteiger partial charge on any atom is -0.481 e. The number of nitrogens with zero attached hydrogens (tertiary/aromatic N) is 2. The number of hydrogen-bond acceptors (Lipinski definition) is 4. The fourth-order valence-corrected chi connectivity index (χ4v) is 6.92. The fraction of sp³-hybridized carbons (Fsp3) is 0.447. The molecule has 0 saturated heterocycles. The minimum atomic E-state index is -4.77. The Morgan fingerprint density at radius 1 is 1.04 bits per heavy atom. The van der Waals surface area contributed by atoms with Gasteiger partial charge in [0.05, 0.1) is 18.0 Å². The maximum absolute atomic E-state index is 14.1. The standard InChI is InChI=1S/C38H44F5N3O4/c1-21(2)12-32(46-20-26(10-11-45(5)6)30(18-34(46)47)38(41,42)43)37(50)44-31(19-35(48)49)27-16-25-8-7-9-28(25)29(17-27)36-22(3)13-24(14-23(36)4)15-33(39)40/h13-18,20-21,31-32H,7-12,19H2,1-6H3,(H,44,50)(H,48,49)/t31-,32-/m1/s1. The molecule has 2 aromatic carbocycles. The van der Waals surface area contributed by atoms with Gasteiger partial charge in [-0.15, -0.1) is 0 Å². The third kappa shape index (κ3) is 9.26. The number of alkyl halides is 3. The van der Waals surface area contributed by atoms with Crippen LogP contribution in [0.5, 0.6) is 0 Å². The number of carboxylic acids is 1. The summed E-state index contributed by atoms with van der Waals surface area (Å²) >= 11 is 0. The number of carbonyl (C=O) groups is 2. The highest BCUT2D eigenvalue weighted by atomic mass is 19.4. The molecule has 1 amide bonds. The highest BCUT2D eigenvalue weighted by Gasteiger charge is 2.36. The maximum Gasteiger partial charge on any atom is 0.416 e. The van der Waals surface area contributed by atoms with Crippen LogP contribution in [0.3, 0.4) is 0 Å². The normalized spacial score (nSPS) is 14.1. The lowest BCUT2D eigenvalue weighted by Gasteiger charge is -2.27. The van der Waals surface area contributed by atoms with E-state index in [0.29, 0.717) is 17.2 Å². The van der Waals surface area contributed by atoms with Gasteiger partial charge in [0.1, 0.15) is 6.04 Å². The van der Waals surface area contributed by atoms with Gasteiger partial charge in [0.15, 0.2) is 0 Å². The molecule has 0 spiro atoms. The molecule has 1 aliphatic carbocycles. The van der Waals surface area contributed by atoms with Crippen molar-refractivity contribution in [1.82, 2.24) is 14.8 Å². The van der Waals surface area contributed by atoms with Crippen LogP contribution in [0.4, 0.5) is 22.0 Å². The molecule has 12 heteroatoms. The summed E-state index contributed by atoms with van der Waals surface area (Å²) in [6.45, 7) is 7.56. The van der Waals surface area contributed by atoms with Crippen molar-refractivity contribution in [2.75, 3.05) is 20.6 Å². The van der Waals surface area contributed by atoms with Crippen molar-refractivity contribution in [3.63, 3.8) is 0 Å². The van der Waals surface area contributed by atoms with E-state index in [2.05, 4.69) is 5.32 Å². The summed E-state index contributed by atoms with van der Waals surface area (Å²) in [7, 11) is 3.43. The maximum atomic E-state index is 14.1. The lowest BCUT2D eigenvalue weighted by atomic mass is 9.86. The number of carbonyl (C=O) groups excluding carboxylic acids is 1. The Hall–Kier alpha value is -4.32. The van der Waals surface area contributed by atoms with Crippen molar-refractivity contribution in [3.8, 4) is 11.1 Å². The van der Waals surface area contributed by atoms with Crippen molar-refractivity contribution < 1.29 is 36.6 Å². The monoisotopic (exact) mass is 701 g/mol. The third-order valence-corrected chi connectivity index (χ3v) is 9.07. The van der Waals surface area contributed by atoms with E-state index in [9.17, 15) is 41.4 Å². The molecule has 0 fully saturated rings. The smallest absolute Gasteiger partial charge is 0.416 e. The summed E-state index contributed by atoms with van der Waals surface area (Å²) in [6.07, 6.45) is -2.73. The number of aryl methyl sites for hydroxylation is 3. The Labute approximate surface area is 288 Å². The van der Waals surface area contributed by atoms with Crippen LogP contribution in [0.1, 0.15) is 89.7 Å². The van der Waals surface area contributed by atoms with Crippen molar-refractivity contribution in [1.29, 1.82) is 0 Å². The number of halogens is 5. The van der Waals surface area contributed by atoms with Gasteiger partial charge in [0.2, 0.25) is 5.91 Å². The zero-order valence-corrected chi connectivity index (χ0v) is 29.2. The Morgan fingerprint density at radius 3 is 2.26 bits per heavy atom. The molecule has 3 aromatic rings. The van der Waals surface area contributed by atoms with Gasteiger partial charge in [-0.1, -0.05) is 32.0 Å². The minimum absolute atomic E-state index is 0.0174. The van der Waals surface area contributed by atoms with Gasteiger partial charge in [-0.3, -0.25) is 14.4 Å². The molecule has 2 atom stereocenters. The Kier molecular flexibility index (Phi) is 12.1. The molecule has 2 N–H and O–H groups in total. The fourth-order valence-electron chi connectivity index (χ4n) is 6.92. The first-order chi connectivity index (χ1) is 23.3. The first-order valence-electron chi connectivity index (χ1n) is 16.6. The van der Waals surface area contributed by atoms with Crippen LogP contribution in [0, 0.1) is 19.8 Å².